The van der Waals surface area contributed by atoms with Crippen molar-refractivity contribution in [2.75, 3.05) is 19.4 Å². The zero-order chi connectivity index (χ0) is 14.6. The lowest BCUT2D eigenvalue weighted by atomic mass is 10.1. The minimum absolute atomic E-state index is 0.0175. The van der Waals surface area contributed by atoms with E-state index in [-0.39, 0.29) is 17.0 Å². The molecule has 106 valence electrons. The number of carbonyl (C=O) groups excluding carboxylic acids is 1. The maximum absolute atomic E-state index is 12.6. The van der Waals surface area contributed by atoms with Gasteiger partial charge in [-0.05, 0) is 18.2 Å². The maximum atomic E-state index is 12.6. The summed E-state index contributed by atoms with van der Waals surface area (Å²) >= 11 is 0. The van der Waals surface area contributed by atoms with Crippen molar-refractivity contribution in [2.24, 2.45) is 0 Å². The van der Waals surface area contributed by atoms with E-state index in [1.54, 1.807) is 5.32 Å². The van der Waals surface area contributed by atoms with E-state index in [9.17, 15) is 22.4 Å². The van der Waals surface area contributed by atoms with Crippen LogP contribution in [0.2, 0.25) is 0 Å². The predicted molar refractivity (Wildman–Crippen MR) is 60.7 cm³/mol. The Bertz CT molecular complexity index is 466. The highest BCUT2D eigenvalue weighted by Gasteiger charge is 2.40. The molecular formula is C11H12F4N2O2. The van der Waals surface area contributed by atoms with Gasteiger partial charge in [-0.25, -0.2) is 8.78 Å². The molecule has 0 aliphatic rings. The Labute approximate surface area is 106 Å². The van der Waals surface area contributed by atoms with Crippen molar-refractivity contribution in [3.63, 3.8) is 0 Å². The number of hydrogen-bond acceptors (Lipinski definition) is 3. The molecule has 0 saturated carbocycles. The average Bonchev–Trinajstić information content (AvgIpc) is 2.36. The van der Waals surface area contributed by atoms with Gasteiger partial charge < -0.3 is 15.8 Å². The molecule has 3 N–H and O–H groups in total. The number of nitrogen functional groups attached to an aromatic ring is 1. The van der Waals surface area contributed by atoms with Crippen molar-refractivity contribution in [1.82, 2.24) is 5.32 Å². The molecule has 19 heavy (non-hydrogen) atoms. The second-order valence-electron chi connectivity index (χ2n) is 3.70. The van der Waals surface area contributed by atoms with Crippen LogP contribution in [0.3, 0.4) is 0 Å². The van der Waals surface area contributed by atoms with Crippen LogP contribution in [-0.2, 0) is 0 Å². The molecule has 0 aromatic heterocycles. The van der Waals surface area contributed by atoms with E-state index in [1.807, 2.05) is 0 Å². The van der Waals surface area contributed by atoms with Gasteiger partial charge >= 0.3 is 12.3 Å². The van der Waals surface area contributed by atoms with Crippen molar-refractivity contribution < 1.29 is 27.1 Å². The molecule has 8 heteroatoms. The predicted octanol–water partition coefficient (Wildman–Crippen LogP) is 1.91. The standard InChI is InChI=1S/C11H12F4N2O2/c1-19-8-4-6(2-3-7(8)16)9(18)17-5-11(14,15)10(12)13/h2-4,10H,5,16H2,1H3,(H,17,18). The topological polar surface area (TPSA) is 64.3 Å². The second-order valence-corrected chi connectivity index (χ2v) is 3.70. The van der Waals surface area contributed by atoms with Gasteiger partial charge in [0, 0.05) is 5.56 Å². The number of amides is 1. The lowest BCUT2D eigenvalue weighted by Crippen LogP contribution is -2.41. The zero-order valence-electron chi connectivity index (χ0n) is 9.92. The molecule has 0 aliphatic carbocycles. The van der Waals surface area contributed by atoms with Crippen LogP contribution in [-0.4, -0.2) is 31.9 Å². The Morgan fingerprint density at radius 2 is 2.11 bits per heavy atom. The number of carbonyl (C=O) groups is 1. The normalized spacial score (nSPS) is 11.5. The van der Waals surface area contributed by atoms with Gasteiger partial charge in [0.1, 0.15) is 5.75 Å². The first-order valence-corrected chi connectivity index (χ1v) is 5.15. The van der Waals surface area contributed by atoms with Gasteiger partial charge in [-0.15, -0.1) is 0 Å². The maximum Gasteiger partial charge on any atom is 0.324 e. The Morgan fingerprint density at radius 3 is 2.63 bits per heavy atom. The van der Waals surface area contributed by atoms with E-state index in [4.69, 9.17) is 10.5 Å². The molecule has 0 fully saturated rings. The Morgan fingerprint density at radius 1 is 1.47 bits per heavy atom. The summed E-state index contributed by atoms with van der Waals surface area (Å²) in [5, 5.41) is 1.73. The Kier molecular flexibility index (Phi) is 4.57. The fourth-order valence-electron chi connectivity index (χ4n) is 1.23. The molecule has 0 unspecified atom stereocenters. The van der Waals surface area contributed by atoms with Crippen LogP contribution in [0.25, 0.3) is 0 Å². The second kappa shape index (κ2) is 5.77. The van der Waals surface area contributed by atoms with Crippen LogP contribution in [0.4, 0.5) is 23.2 Å². The van der Waals surface area contributed by atoms with Gasteiger partial charge in [-0.2, -0.15) is 8.78 Å². The number of alkyl halides is 4. The largest absolute Gasteiger partial charge is 0.495 e. The van der Waals surface area contributed by atoms with Crippen LogP contribution in [0.1, 0.15) is 10.4 Å². The summed E-state index contributed by atoms with van der Waals surface area (Å²) in [5.74, 6) is -5.00. The number of nitrogens with two attached hydrogens (primary N) is 1. The molecule has 1 rings (SSSR count). The third-order valence-corrected chi connectivity index (χ3v) is 2.30. The quantitative estimate of drug-likeness (QED) is 0.639. The fourth-order valence-corrected chi connectivity index (χ4v) is 1.23. The van der Waals surface area contributed by atoms with Crippen LogP contribution in [0.15, 0.2) is 18.2 Å². The van der Waals surface area contributed by atoms with Gasteiger partial charge in [0.15, 0.2) is 0 Å². The first kappa shape index (κ1) is 15.1. The number of halogens is 4. The number of ether oxygens (including phenoxy) is 1. The summed E-state index contributed by atoms with van der Waals surface area (Å²) in [6.07, 6.45) is -3.84. The van der Waals surface area contributed by atoms with E-state index >= 15 is 0 Å². The highest BCUT2D eigenvalue weighted by molar-refractivity contribution is 5.95. The summed E-state index contributed by atoms with van der Waals surface area (Å²) < 4.78 is 53.9. The number of rotatable bonds is 5. The summed E-state index contributed by atoms with van der Waals surface area (Å²) in [4.78, 5) is 11.5. The summed E-state index contributed by atoms with van der Waals surface area (Å²) in [5.41, 5.74) is 5.75. The van der Waals surface area contributed by atoms with Crippen molar-refractivity contribution >= 4 is 11.6 Å². The first-order valence-electron chi connectivity index (χ1n) is 5.15. The number of anilines is 1. The molecule has 0 aliphatic heterocycles. The van der Waals surface area contributed by atoms with Crippen LogP contribution in [0.5, 0.6) is 5.75 Å². The van der Waals surface area contributed by atoms with E-state index in [2.05, 4.69) is 0 Å². The molecule has 0 bridgehead atoms. The SMILES string of the molecule is COc1cc(C(=O)NCC(F)(F)C(F)F)ccc1N. The van der Waals surface area contributed by atoms with E-state index in [1.165, 1.54) is 25.3 Å². The lowest BCUT2D eigenvalue weighted by Gasteiger charge is -2.16. The van der Waals surface area contributed by atoms with Crippen molar-refractivity contribution in [3.05, 3.63) is 23.8 Å². The molecule has 0 saturated heterocycles. The van der Waals surface area contributed by atoms with Gasteiger partial charge in [-0.1, -0.05) is 0 Å². The smallest absolute Gasteiger partial charge is 0.324 e. The highest BCUT2D eigenvalue weighted by Crippen LogP contribution is 2.23. The molecule has 1 aromatic carbocycles. The number of benzene rings is 1. The van der Waals surface area contributed by atoms with Gasteiger partial charge in [0.2, 0.25) is 0 Å². The first-order chi connectivity index (χ1) is 8.77. The molecular weight excluding hydrogens is 268 g/mol. The van der Waals surface area contributed by atoms with Crippen molar-refractivity contribution in [1.29, 1.82) is 0 Å². The molecule has 1 amide bonds. The summed E-state index contributed by atoms with van der Waals surface area (Å²) in [7, 11) is 1.32. The van der Waals surface area contributed by atoms with E-state index in [0.29, 0.717) is 0 Å². The van der Waals surface area contributed by atoms with Crippen molar-refractivity contribution in [2.45, 2.75) is 12.3 Å². The summed E-state index contributed by atoms with van der Waals surface area (Å²) in [6.45, 7) is -1.45. The monoisotopic (exact) mass is 280 g/mol. The van der Waals surface area contributed by atoms with Gasteiger partial charge in [0.05, 0.1) is 19.3 Å². The molecule has 0 atom stereocenters. The third kappa shape index (κ3) is 3.73. The van der Waals surface area contributed by atoms with Crippen LogP contribution in [0, 0.1) is 0 Å². The van der Waals surface area contributed by atoms with E-state index in [0.717, 1.165) is 0 Å². The van der Waals surface area contributed by atoms with Crippen molar-refractivity contribution in [3.8, 4) is 5.75 Å². The zero-order valence-corrected chi connectivity index (χ0v) is 9.92. The summed E-state index contributed by atoms with van der Waals surface area (Å²) in [6, 6.07) is 3.85. The van der Waals surface area contributed by atoms with E-state index < -0.39 is 24.8 Å². The number of nitrogens with one attached hydrogen (secondary N) is 1. The van der Waals surface area contributed by atoms with Crippen LogP contribution < -0.4 is 15.8 Å². The molecule has 0 heterocycles. The third-order valence-electron chi connectivity index (χ3n) is 2.30. The number of methoxy groups -OCH3 is 1. The molecule has 4 nitrogen and oxygen atoms in total. The number of hydrogen-bond donors (Lipinski definition) is 2. The highest BCUT2D eigenvalue weighted by atomic mass is 19.3. The van der Waals surface area contributed by atoms with Crippen LogP contribution >= 0.6 is 0 Å². The Hall–Kier alpha value is -1.99. The van der Waals surface area contributed by atoms with Gasteiger partial charge in [0.25, 0.3) is 5.91 Å². The molecule has 0 spiro atoms. The van der Waals surface area contributed by atoms with Gasteiger partial charge in [-0.3, -0.25) is 4.79 Å². The average molecular weight is 280 g/mol. The Balaban J connectivity index is 2.74. The minimum Gasteiger partial charge on any atom is -0.495 e. The minimum atomic E-state index is -4.27. The molecule has 0 radical (unpaired) electrons. The molecule has 1 aromatic rings. The fraction of sp³-hybridized carbons (Fsp3) is 0.364. The lowest BCUT2D eigenvalue weighted by molar-refractivity contribution is -0.123.